The Kier molecular flexibility index (Phi) is 4.09. The zero-order valence-electron chi connectivity index (χ0n) is 15.8. The first-order chi connectivity index (χ1) is 12.3. The molecule has 1 aromatic carbocycles. The monoisotopic (exact) mass is 358 g/mol. The number of aromatic nitrogens is 1. The van der Waals surface area contributed by atoms with E-state index in [0.717, 1.165) is 42.3 Å². The third-order valence-electron chi connectivity index (χ3n) is 5.09. The average molecular weight is 358 g/mol. The van der Waals surface area contributed by atoms with Crippen molar-refractivity contribution >= 4 is 17.2 Å². The molecule has 6 heteroatoms. The van der Waals surface area contributed by atoms with Crippen LogP contribution in [0.15, 0.2) is 22.6 Å². The molecule has 26 heavy (non-hydrogen) atoms. The van der Waals surface area contributed by atoms with Gasteiger partial charge in [-0.15, -0.1) is 0 Å². The number of fused-ring (bicyclic) bond motifs is 3. The summed E-state index contributed by atoms with van der Waals surface area (Å²) in [5.74, 6) is 0. The molecule has 2 aliphatic rings. The van der Waals surface area contributed by atoms with Crippen LogP contribution < -0.4 is 4.74 Å². The fourth-order valence-electron chi connectivity index (χ4n) is 4.05. The predicted molar refractivity (Wildman–Crippen MR) is 97.3 cm³/mol. The van der Waals surface area contributed by atoms with Crippen molar-refractivity contribution in [2.24, 2.45) is 0 Å². The fraction of sp³-hybridized carbons (Fsp3) is 0.600. The first-order valence-electron chi connectivity index (χ1n) is 9.34. The third kappa shape index (κ3) is 3.37. The Bertz CT molecular complexity index is 809. The molecule has 140 valence electrons. The number of rotatable bonds is 2. The summed E-state index contributed by atoms with van der Waals surface area (Å²) in [7, 11) is 0. The first kappa shape index (κ1) is 17.2. The number of carbonyl (C=O) groups is 1. The number of aryl methyl sites for hydroxylation is 1. The minimum Gasteiger partial charge on any atom is -0.447 e. The number of ether oxygens (including phenoxy) is 2. The van der Waals surface area contributed by atoms with Gasteiger partial charge in [-0.2, -0.15) is 4.98 Å². The van der Waals surface area contributed by atoms with Gasteiger partial charge in [-0.1, -0.05) is 6.07 Å². The Morgan fingerprint density at radius 2 is 1.92 bits per heavy atom. The number of hydrogen-bond donors (Lipinski definition) is 0. The minimum absolute atomic E-state index is 0.0142. The van der Waals surface area contributed by atoms with E-state index in [4.69, 9.17) is 13.9 Å². The van der Waals surface area contributed by atoms with Crippen LogP contribution in [0.2, 0.25) is 0 Å². The van der Waals surface area contributed by atoms with E-state index in [1.54, 1.807) is 0 Å². The van der Waals surface area contributed by atoms with Gasteiger partial charge in [-0.3, -0.25) is 0 Å². The summed E-state index contributed by atoms with van der Waals surface area (Å²) in [4.78, 5) is 18.9. The van der Waals surface area contributed by atoms with Crippen molar-refractivity contribution in [1.29, 1.82) is 0 Å². The molecule has 2 bridgehead atoms. The summed E-state index contributed by atoms with van der Waals surface area (Å²) in [6, 6.07) is 6.23. The molecule has 0 aliphatic carbocycles. The molecule has 3 atom stereocenters. The molecule has 0 N–H and O–H groups in total. The van der Waals surface area contributed by atoms with Gasteiger partial charge in [0.15, 0.2) is 5.58 Å². The van der Waals surface area contributed by atoms with E-state index in [-0.39, 0.29) is 24.3 Å². The Labute approximate surface area is 153 Å². The number of hydrogen-bond acceptors (Lipinski definition) is 5. The molecule has 0 saturated carbocycles. The topological polar surface area (TPSA) is 64.8 Å². The Hall–Kier alpha value is -2.24. The summed E-state index contributed by atoms with van der Waals surface area (Å²) in [5, 5.41) is 0. The smallest absolute Gasteiger partial charge is 0.410 e. The molecule has 2 aromatic rings. The first-order valence-corrected chi connectivity index (χ1v) is 9.34. The number of carbonyl (C=O) groups excluding carboxylic acids is 1. The Balaban J connectivity index is 1.44. The van der Waals surface area contributed by atoms with Crippen molar-refractivity contribution in [3.05, 3.63) is 23.8 Å². The van der Waals surface area contributed by atoms with Crippen LogP contribution in [-0.2, 0) is 4.74 Å². The lowest BCUT2D eigenvalue weighted by Gasteiger charge is -2.38. The predicted octanol–water partition coefficient (Wildman–Crippen LogP) is 4.45. The maximum absolute atomic E-state index is 12.5. The molecule has 0 radical (unpaired) electrons. The standard InChI is InChI=1S/C20H26N2O4/c1-12-5-8-17-16(9-12)21-18(25-17)24-15-10-13-6-7-14(11-15)22(13)19(23)26-20(2,3)4/h5,8-9,13-15H,6-7,10-11H2,1-4H3/t13-,14+,15+. The summed E-state index contributed by atoms with van der Waals surface area (Å²) in [6.07, 6.45) is 3.69. The van der Waals surface area contributed by atoms with Crippen LogP contribution in [0.25, 0.3) is 11.1 Å². The molecule has 4 rings (SSSR count). The zero-order chi connectivity index (χ0) is 18.5. The van der Waals surface area contributed by atoms with Gasteiger partial charge in [0, 0.05) is 24.9 Å². The summed E-state index contributed by atoms with van der Waals surface area (Å²) < 4.78 is 17.3. The molecule has 2 aliphatic heterocycles. The number of nitrogens with zero attached hydrogens (tertiary/aromatic N) is 2. The molecule has 1 amide bonds. The molecule has 2 fully saturated rings. The Morgan fingerprint density at radius 3 is 2.58 bits per heavy atom. The second kappa shape index (κ2) is 6.18. The van der Waals surface area contributed by atoms with Crippen LogP contribution in [0.4, 0.5) is 4.79 Å². The van der Waals surface area contributed by atoms with Gasteiger partial charge in [-0.25, -0.2) is 4.79 Å². The molecular formula is C20H26N2O4. The van der Waals surface area contributed by atoms with Gasteiger partial charge in [0.1, 0.15) is 17.2 Å². The number of amides is 1. The van der Waals surface area contributed by atoms with Gasteiger partial charge in [-0.05, 0) is 58.2 Å². The minimum atomic E-state index is -0.472. The largest absolute Gasteiger partial charge is 0.447 e. The summed E-state index contributed by atoms with van der Waals surface area (Å²) >= 11 is 0. The molecular weight excluding hydrogens is 332 g/mol. The molecule has 6 nitrogen and oxygen atoms in total. The summed E-state index contributed by atoms with van der Waals surface area (Å²) in [6.45, 7) is 7.73. The molecule has 2 saturated heterocycles. The number of benzene rings is 1. The lowest BCUT2D eigenvalue weighted by Crippen LogP contribution is -2.50. The van der Waals surface area contributed by atoms with Crippen LogP contribution in [0.3, 0.4) is 0 Å². The van der Waals surface area contributed by atoms with Crippen molar-refractivity contribution in [3.63, 3.8) is 0 Å². The molecule has 0 unspecified atom stereocenters. The van der Waals surface area contributed by atoms with Crippen molar-refractivity contribution in [1.82, 2.24) is 9.88 Å². The maximum atomic E-state index is 12.5. The van der Waals surface area contributed by atoms with E-state index >= 15 is 0 Å². The van der Waals surface area contributed by atoms with E-state index in [1.807, 2.05) is 50.8 Å². The molecule has 3 heterocycles. The van der Waals surface area contributed by atoms with E-state index < -0.39 is 5.60 Å². The second-order valence-electron chi connectivity index (χ2n) is 8.43. The van der Waals surface area contributed by atoms with Crippen LogP contribution in [0.1, 0.15) is 52.0 Å². The highest BCUT2D eigenvalue weighted by molar-refractivity contribution is 5.73. The quantitative estimate of drug-likeness (QED) is 0.794. The Morgan fingerprint density at radius 1 is 1.23 bits per heavy atom. The normalized spacial score (nSPS) is 25.5. The SMILES string of the molecule is Cc1ccc2oc(O[C@H]3C[C@H]4CC[C@@H](C3)N4C(=O)OC(C)(C)C)nc2c1. The van der Waals surface area contributed by atoms with Crippen LogP contribution in [-0.4, -0.2) is 39.8 Å². The van der Waals surface area contributed by atoms with Gasteiger partial charge in [0.05, 0.1) is 0 Å². The van der Waals surface area contributed by atoms with Crippen molar-refractivity contribution in [3.8, 4) is 6.08 Å². The third-order valence-corrected chi connectivity index (χ3v) is 5.09. The average Bonchev–Trinajstić information content (AvgIpc) is 3.03. The van der Waals surface area contributed by atoms with Crippen molar-refractivity contribution in [2.45, 2.75) is 77.2 Å². The zero-order valence-corrected chi connectivity index (χ0v) is 15.8. The van der Waals surface area contributed by atoms with Crippen molar-refractivity contribution < 1.29 is 18.7 Å². The number of piperidine rings is 1. The van der Waals surface area contributed by atoms with Gasteiger partial charge < -0.3 is 18.8 Å². The highest BCUT2D eigenvalue weighted by atomic mass is 16.6. The van der Waals surface area contributed by atoms with Gasteiger partial charge >= 0.3 is 12.2 Å². The summed E-state index contributed by atoms with van der Waals surface area (Å²) in [5.41, 5.74) is 2.22. The maximum Gasteiger partial charge on any atom is 0.410 e. The van der Waals surface area contributed by atoms with Crippen LogP contribution >= 0.6 is 0 Å². The lowest BCUT2D eigenvalue weighted by molar-refractivity contribution is -0.0105. The number of oxazole rings is 1. The van der Waals surface area contributed by atoms with E-state index in [0.29, 0.717) is 6.08 Å². The highest BCUT2D eigenvalue weighted by Gasteiger charge is 2.45. The van der Waals surface area contributed by atoms with E-state index in [2.05, 4.69) is 4.98 Å². The second-order valence-corrected chi connectivity index (χ2v) is 8.43. The van der Waals surface area contributed by atoms with E-state index in [1.165, 1.54) is 0 Å². The van der Waals surface area contributed by atoms with Crippen LogP contribution in [0, 0.1) is 6.92 Å². The lowest BCUT2D eigenvalue weighted by atomic mass is 10.0. The highest BCUT2D eigenvalue weighted by Crippen LogP contribution is 2.38. The molecule has 0 spiro atoms. The molecule has 1 aromatic heterocycles. The fourth-order valence-corrected chi connectivity index (χ4v) is 4.05. The van der Waals surface area contributed by atoms with E-state index in [9.17, 15) is 4.79 Å². The van der Waals surface area contributed by atoms with Crippen LogP contribution in [0.5, 0.6) is 6.08 Å². The van der Waals surface area contributed by atoms with Gasteiger partial charge in [0.25, 0.3) is 0 Å². The van der Waals surface area contributed by atoms with Gasteiger partial charge in [0.2, 0.25) is 0 Å². The van der Waals surface area contributed by atoms with Crippen molar-refractivity contribution in [2.75, 3.05) is 0 Å².